The monoisotopic (exact) mass is 924 g/mol. The van der Waals surface area contributed by atoms with Crippen molar-refractivity contribution in [3.8, 4) is 0 Å². The number of rotatable bonds is 4. The molecule has 65 heavy (non-hydrogen) atoms. The van der Waals surface area contributed by atoms with Crippen molar-refractivity contribution in [3.05, 3.63) is 286 Å². The summed E-state index contributed by atoms with van der Waals surface area (Å²) in [6, 6.07) is 79.4. The van der Waals surface area contributed by atoms with Crippen molar-refractivity contribution in [3.63, 3.8) is 0 Å². The minimum atomic E-state index is -0.211. The summed E-state index contributed by atoms with van der Waals surface area (Å²) in [7, 11) is 0. The molecule has 0 spiro atoms. The number of hydrogen-bond acceptors (Lipinski definition) is 0. The molecule has 12 aromatic rings. The van der Waals surface area contributed by atoms with E-state index in [-0.39, 0.29) is 44.1 Å². The van der Waals surface area contributed by atoms with Crippen molar-refractivity contribution < 1.29 is 20.4 Å². The molecular formula is C60H42N4Pd. The Labute approximate surface area is 391 Å². The minimum Gasteiger partial charge on any atom is -0.662 e. The van der Waals surface area contributed by atoms with E-state index in [4.69, 9.17) is 9.97 Å². The number of nitrogens with zero attached hydrogens (tertiary/aromatic N) is 2. The number of nitrogens with one attached hydrogen (secondary N) is 2. The zero-order chi connectivity index (χ0) is 42.1. The Bertz CT molecular complexity index is 3000. The van der Waals surface area contributed by atoms with Gasteiger partial charge in [0.15, 0.2) is 0 Å². The molecular weight excluding hydrogens is 883 g/mol. The fourth-order valence-corrected chi connectivity index (χ4v) is 11.0. The smallest absolute Gasteiger partial charge is 0.662 e. The SMILES string of the molecule is [Pd+2].c1ccc(C2c3[n-]c(c4ccccc34)C(c3ccccc3)c3[nH]c(c4ccccc34)C(c3ccccc3)c3[n-]c(c4ccccc34)C(c3ccccc3)c3[nH]c2c2ccccc32)cc1. The van der Waals surface area contributed by atoms with Crippen LogP contribution in [0.3, 0.4) is 0 Å². The zero-order valence-corrected chi connectivity index (χ0v) is 36.9. The van der Waals surface area contributed by atoms with Gasteiger partial charge in [-0.3, -0.25) is 0 Å². The maximum Gasteiger partial charge on any atom is 2.00 e. The summed E-state index contributed by atoms with van der Waals surface area (Å²) in [5, 5.41) is 9.35. The van der Waals surface area contributed by atoms with Gasteiger partial charge in [0.1, 0.15) is 0 Å². The molecule has 1 aliphatic rings. The summed E-state index contributed by atoms with van der Waals surface area (Å²) in [5.41, 5.74) is 13.4. The molecule has 4 nitrogen and oxygen atoms in total. The Morgan fingerprint density at radius 1 is 0.231 bits per heavy atom. The van der Waals surface area contributed by atoms with E-state index in [9.17, 15) is 0 Å². The fraction of sp³-hybridized carbons (Fsp3) is 0.0667. The van der Waals surface area contributed by atoms with Crippen LogP contribution in [0.4, 0.5) is 0 Å². The topological polar surface area (TPSA) is 59.8 Å². The van der Waals surface area contributed by atoms with E-state index in [1.807, 2.05) is 0 Å². The van der Waals surface area contributed by atoms with Crippen LogP contribution < -0.4 is 9.97 Å². The van der Waals surface area contributed by atoms with E-state index in [0.717, 1.165) is 67.1 Å². The van der Waals surface area contributed by atoms with Gasteiger partial charge >= 0.3 is 20.4 Å². The first-order valence-electron chi connectivity index (χ1n) is 22.3. The summed E-state index contributed by atoms with van der Waals surface area (Å²) >= 11 is 0. The van der Waals surface area contributed by atoms with Crippen molar-refractivity contribution in [1.82, 2.24) is 19.9 Å². The average molecular weight is 925 g/mol. The van der Waals surface area contributed by atoms with Crippen LogP contribution in [0.2, 0.25) is 0 Å². The van der Waals surface area contributed by atoms with Gasteiger partial charge in [0.25, 0.3) is 0 Å². The first-order chi connectivity index (χ1) is 31.8. The second kappa shape index (κ2) is 16.0. The molecule has 4 atom stereocenters. The number of hydrogen-bond donors (Lipinski definition) is 2. The molecule has 1 aliphatic carbocycles. The summed E-state index contributed by atoms with van der Waals surface area (Å²) in [6.07, 6.45) is 0. The molecule has 4 aromatic heterocycles. The Morgan fingerprint density at radius 3 is 0.631 bits per heavy atom. The Morgan fingerprint density at radius 2 is 0.415 bits per heavy atom. The van der Waals surface area contributed by atoms with Crippen LogP contribution in [0.1, 0.15) is 91.5 Å². The fourth-order valence-electron chi connectivity index (χ4n) is 11.0. The maximum absolute atomic E-state index is 5.97. The van der Waals surface area contributed by atoms with Gasteiger partial charge in [0.2, 0.25) is 0 Å². The van der Waals surface area contributed by atoms with Gasteiger partial charge in [-0.15, -0.1) is 22.8 Å². The molecule has 8 bridgehead atoms. The molecule has 4 unspecified atom stereocenters. The largest absolute Gasteiger partial charge is 2.00 e. The zero-order valence-electron chi connectivity index (χ0n) is 35.3. The van der Waals surface area contributed by atoms with Gasteiger partial charge in [-0.05, 0) is 43.8 Å². The number of aromatic amines is 2. The summed E-state index contributed by atoms with van der Waals surface area (Å²) in [5.74, 6) is -0.842. The number of aromatic nitrogens is 4. The van der Waals surface area contributed by atoms with E-state index in [0.29, 0.717) is 0 Å². The van der Waals surface area contributed by atoms with Crippen molar-refractivity contribution in [1.29, 1.82) is 0 Å². The van der Waals surface area contributed by atoms with E-state index < -0.39 is 0 Å². The molecule has 0 amide bonds. The third kappa shape index (κ3) is 6.22. The quantitative estimate of drug-likeness (QED) is 0.173. The second-order valence-corrected chi connectivity index (χ2v) is 17.2. The predicted molar refractivity (Wildman–Crippen MR) is 261 cm³/mol. The average Bonchev–Trinajstić information content (AvgIpc) is 4.14. The van der Waals surface area contributed by atoms with Gasteiger partial charge in [-0.2, -0.15) is 0 Å². The van der Waals surface area contributed by atoms with E-state index in [1.54, 1.807) is 0 Å². The first kappa shape index (κ1) is 39.2. The van der Waals surface area contributed by atoms with Crippen molar-refractivity contribution in [2.75, 3.05) is 0 Å². The minimum absolute atomic E-state index is 0. The van der Waals surface area contributed by atoms with Gasteiger partial charge in [0.05, 0.1) is 0 Å². The van der Waals surface area contributed by atoms with Crippen molar-refractivity contribution >= 4 is 43.1 Å². The predicted octanol–water partition coefficient (Wildman–Crippen LogP) is 13.9. The molecule has 8 aromatic carbocycles. The summed E-state index contributed by atoms with van der Waals surface area (Å²) in [6.45, 7) is 0. The molecule has 0 radical (unpaired) electrons. The third-order valence-electron chi connectivity index (χ3n) is 13.8. The van der Waals surface area contributed by atoms with Crippen LogP contribution in [0, 0.1) is 0 Å². The van der Waals surface area contributed by atoms with Crippen LogP contribution in [0.25, 0.3) is 43.1 Å². The Hall–Kier alpha value is -7.42. The van der Waals surface area contributed by atoms with Gasteiger partial charge in [0, 0.05) is 68.0 Å². The van der Waals surface area contributed by atoms with Crippen LogP contribution in [-0.4, -0.2) is 9.97 Å². The summed E-state index contributed by atoms with van der Waals surface area (Å²) < 4.78 is 0. The number of benzene rings is 8. The van der Waals surface area contributed by atoms with Crippen LogP contribution in [-0.2, 0) is 20.4 Å². The van der Waals surface area contributed by atoms with E-state index >= 15 is 0 Å². The Kier molecular flexibility index (Phi) is 9.64. The van der Waals surface area contributed by atoms with Gasteiger partial charge < -0.3 is 19.9 Å². The second-order valence-electron chi connectivity index (χ2n) is 17.2. The van der Waals surface area contributed by atoms with E-state index in [1.165, 1.54) is 43.8 Å². The standard InChI is InChI=1S/C60H42N4.Pd/c1-5-21-37(22-6-1)49-53-41-29-13-15-31-43(41)55(61-53)50(38-23-7-2-8-24-38)57-45-33-17-19-35-47(45)59(63-57)52(40-27-11-4-12-28-40)60-48-36-20-18-34-46(48)58(64-60)51(39-25-9-3-10-26-39)56-44-32-16-14-30-42(44)54(49)62-56;/h1-36,49-52,61,64H;/q-2;+2. The third-order valence-corrected chi connectivity index (χ3v) is 13.8. The van der Waals surface area contributed by atoms with Crippen LogP contribution >= 0.6 is 0 Å². The van der Waals surface area contributed by atoms with Gasteiger partial charge in [-0.25, -0.2) is 0 Å². The van der Waals surface area contributed by atoms with Crippen LogP contribution in [0.15, 0.2) is 218 Å². The molecule has 0 saturated carbocycles. The molecule has 0 fully saturated rings. The first-order valence-corrected chi connectivity index (χ1v) is 22.3. The Balaban J connectivity index is 0.00000444. The van der Waals surface area contributed by atoms with E-state index in [2.05, 4.69) is 228 Å². The molecule has 0 saturated heterocycles. The molecule has 0 aliphatic heterocycles. The maximum atomic E-state index is 5.97. The molecule has 312 valence electrons. The molecule has 2 N–H and O–H groups in total. The normalized spacial score (nSPS) is 17.1. The van der Waals surface area contributed by atoms with Crippen molar-refractivity contribution in [2.24, 2.45) is 0 Å². The number of H-pyrrole nitrogens is 2. The molecule has 5 heteroatoms. The molecule has 4 heterocycles. The van der Waals surface area contributed by atoms with Crippen LogP contribution in [0.5, 0.6) is 0 Å². The molecule has 13 rings (SSSR count). The summed E-state index contributed by atoms with van der Waals surface area (Å²) in [4.78, 5) is 20.4. The van der Waals surface area contributed by atoms with Gasteiger partial charge in [-0.1, -0.05) is 218 Å². The van der Waals surface area contributed by atoms with Crippen molar-refractivity contribution in [2.45, 2.75) is 23.7 Å².